The number of nitrogens with two attached hydrogens (primary N) is 1. The lowest BCUT2D eigenvalue weighted by molar-refractivity contribution is -0.138. The smallest absolute Gasteiger partial charge is 0.239 e. The number of aromatic nitrogens is 3. The van der Waals surface area contributed by atoms with Gasteiger partial charge in [-0.15, -0.1) is 5.10 Å². The Balaban J connectivity index is 1.49. The third-order valence-corrected chi connectivity index (χ3v) is 5.18. The van der Waals surface area contributed by atoms with Gasteiger partial charge in [-0.3, -0.25) is 9.89 Å². The molecule has 0 aromatic carbocycles. The third kappa shape index (κ3) is 4.05. The second-order valence-electron chi connectivity index (χ2n) is 6.81. The highest BCUT2D eigenvalue weighted by atomic mass is 16.5. The van der Waals surface area contributed by atoms with Gasteiger partial charge >= 0.3 is 0 Å². The van der Waals surface area contributed by atoms with E-state index in [4.69, 9.17) is 10.5 Å². The molecule has 24 heavy (non-hydrogen) atoms. The molecule has 1 atom stereocenters. The van der Waals surface area contributed by atoms with Gasteiger partial charge < -0.3 is 20.3 Å². The van der Waals surface area contributed by atoms with E-state index in [0.717, 1.165) is 70.8 Å². The molecule has 0 bridgehead atoms. The fourth-order valence-corrected chi connectivity index (χ4v) is 3.78. The molecule has 8 heteroatoms. The van der Waals surface area contributed by atoms with Crippen molar-refractivity contribution in [2.45, 2.75) is 31.6 Å². The zero-order valence-corrected chi connectivity index (χ0v) is 14.4. The van der Waals surface area contributed by atoms with E-state index in [1.54, 1.807) is 7.11 Å². The number of hydrogen-bond donors (Lipinski definition) is 2. The number of likely N-dealkylation sites (tertiary alicyclic amines) is 2. The van der Waals surface area contributed by atoms with E-state index in [2.05, 4.69) is 20.1 Å². The number of rotatable bonds is 5. The Hall–Kier alpha value is -1.67. The van der Waals surface area contributed by atoms with E-state index in [1.807, 2.05) is 4.90 Å². The van der Waals surface area contributed by atoms with Crippen molar-refractivity contribution in [1.29, 1.82) is 0 Å². The summed E-state index contributed by atoms with van der Waals surface area (Å²) in [4.78, 5) is 21.4. The normalized spacial score (nSPS) is 23.5. The van der Waals surface area contributed by atoms with Crippen molar-refractivity contribution < 1.29 is 9.53 Å². The van der Waals surface area contributed by atoms with Crippen LogP contribution in [-0.4, -0.2) is 77.3 Å². The Morgan fingerprint density at radius 1 is 1.33 bits per heavy atom. The Labute approximate surface area is 142 Å². The summed E-state index contributed by atoms with van der Waals surface area (Å²) < 4.78 is 5.15. The summed E-state index contributed by atoms with van der Waals surface area (Å²) in [7, 11) is 1.72. The van der Waals surface area contributed by atoms with Crippen LogP contribution in [0.15, 0.2) is 0 Å². The number of anilines is 1. The summed E-state index contributed by atoms with van der Waals surface area (Å²) >= 11 is 0. The Kier molecular flexibility index (Phi) is 5.68. The number of amides is 1. The highest BCUT2D eigenvalue weighted by molar-refractivity contribution is 5.79. The van der Waals surface area contributed by atoms with Crippen molar-refractivity contribution in [2.24, 2.45) is 5.92 Å². The lowest BCUT2D eigenvalue weighted by Crippen LogP contribution is -2.47. The van der Waals surface area contributed by atoms with Crippen LogP contribution in [0.1, 0.15) is 37.4 Å². The quantitative estimate of drug-likeness (QED) is 0.810. The summed E-state index contributed by atoms with van der Waals surface area (Å²) in [5.74, 6) is 1.91. The van der Waals surface area contributed by atoms with Gasteiger partial charge in [0.05, 0.1) is 12.5 Å². The Bertz CT molecular complexity index is 540. The number of piperidine rings is 2. The Morgan fingerprint density at radius 3 is 2.79 bits per heavy atom. The number of carbonyl (C=O) groups excluding carboxylic acids is 1. The molecule has 1 aromatic rings. The van der Waals surface area contributed by atoms with Gasteiger partial charge in [0.15, 0.2) is 0 Å². The SMILES string of the molecule is COCCN1CCC[C@@H](C(=O)N2CCC(c3nc(N)n[nH]3)CC2)C1. The number of ether oxygens (including phenoxy) is 1. The lowest BCUT2D eigenvalue weighted by Gasteiger charge is -2.37. The summed E-state index contributed by atoms with van der Waals surface area (Å²) in [6, 6.07) is 0. The molecular formula is C16H28N6O2. The molecule has 3 N–H and O–H groups in total. The van der Waals surface area contributed by atoms with Crippen LogP contribution < -0.4 is 5.73 Å². The summed E-state index contributed by atoms with van der Waals surface area (Å²) in [5, 5.41) is 6.80. The van der Waals surface area contributed by atoms with Gasteiger partial charge in [-0.05, 0) is 32.2 Å². The third-order valence-electron chi connectivity index (χ3n) is 5.18. The van der Waals surface area contributed by atoms with Gasteiger partial charge in [0.2, 0.25) is 11.9 Å². The van der Waals surface area contributed by atoms with Crippen LogP contribution in [0.3, 0.4) is 0 Å². The second-order valence-corrected chi connectivity index (χ2v) is 6.81. The van der Waals surface area contributed by atoms with E-state index in [1.165, 1.54) is 0 Å². The zero-order valence-electron chi connectivity index (χ0n) is 14.4. The molecule has 8 nitrogen and oxygen atoms in total. The van der Waals surface area contributed by atoms with Crippen molar-refractivity contribution in [2.75, 3.05) is 52.2 Å². The molecule has 3 rings (SSSR count). The molecule has 0 saturated carbocycles. The summed E-state index contributed by atoms with van der Waals surface area (Å²) in [6.07, 6.45) is 3.93. The van der Waals surface area contributed by atoms with Crippen LogP contribution >= 0.6 is 0 Å². The molecule has 2 aliphatic rings. The maximum absolute atomic E-state index is 12.8. The van der Waals surface area contributed by atoms with E-state index in [-0.39, 0.29) is 5.92 Å². The van der Waals surface area contributed by atoms with E-state index in [0.29, 0.717) is 17.8 Å². The van der Waals surface area contributed by atoms with E-state index >= 15 is 0 Å². The lowest BCUT2D eigenvalue weighted by atomic mass is 9.92. The number of nitrogens with zero attached hydrogens (tertiary/aromatic N) is 4. The van der Waals surface area contributed by atoms with Gasteiger partial charge in [0, 0.05) is 39.2 Å². The minimum atomic E-state index is 0.132. The van der Waals surface area contributed by atoms with Crippen LogP contribution in [0, 0.1) is 5.92 Å². The average Bonchev–Trinajstić information content (AvgIpc) is 3.06. The van der Waals surface area contributed by atoms with Crippen LogP contribution in [0.5, 0.6) is 0 Å². The standard InChI is InChI=1S/C16H28N6O2/c1-24-10-9-21-6-2-3-13(11-21)15(23)22-7-4-12(5-8-22)14-18-16(17)20-19-14/h12-13H,2-11H2,1H3,(H3,17,18,19,20)/t13-/m1/s1. The van der Waals surface area contributed by atoms with Gasteiger partial charge in [-0.2, -0.15) is 4.98 Å². The summed E-state index contributed by atoms with van der Waals surface area (Å²) in [5.41, 5.74) is 5.57. The minimum absolute atomic E-state index is 0.132. The first-order valence-corrected chi connectivity index (χ1v) is 8.85. The average molecular weight is 336 g/mol. The van der Waals surface area contributed by atoms with Crippen molar-refractivity contribution in [3.63, 3.8) is 0 Å². The molecule has 3 heterocycles. The number of hydrogen-bond acceptors (Lipinski definition) is 6. The molecule has 0 unspecified atom stereocenters. The predicted molar refractivity (Wildman–Crippen MR) is 90.4 cm³/mol. The molecule has 2 aliphatic heterocycles. The number of methoxy groups -OCH3 is 1. The minimum Gasteiger partial charge on any atom is -0.383 e. The predicted octanol–water partition coefficient (Wildman–Crippen LogP) is 0.451. The van der Waals surface area contributed by atoms with Gasteiger partial charge in [0.1, 0.15) is 5.82 Å². The molecular weight excluding hydrogens is 308 g/mol. The topological polar surface area (TPSA) is 100 Å². The molecule has 2 fully saturated rings. The number of H-pyrrole nitrogens is 1. The van der Waals surface area contributed by atoms with Gasteiger partial charge in [-0.25, -0.2) is 0 Å². The van der Waals surface area contributed by atoms with Crippen LogP contribution in [0.25, 0.3) is 0 Å². The largest absolute Gasteiger partial charge is 0.383 e. The van der Waals surface area contributed by atoms with E-state index < -0.39 is 0 Å². The second kappa shape index (κ2) is 7.94. The van der Waals surface area contributed by atoms with Gasteiger partial charge in [0.25, 0.3) is 0 Å². The zero-order chi connectivity index (χ0) is 16.9. The molecule has 0 aliphatic carbocycles. The first-order valence-electron chi connectivity index (χ1n) is 8.85. The number of carbonyl (C=O) groups is 1. The summed E-state index contributed by atoms with van der Waals surface area (Å²) in [6.45, 7) is 5.15. The molecule has 1 amide bonds. The maximum atomic E-state index is 12.8. The van der Waals surface area contributed by atoms with Crippen LogP contribution in [-0.2, 0) is 9.53 Å². The first-order chi connectivity index (χ1) is 11.7. The molecule has 134 valence electrons. The number of nitrogens with one attached hydrogen (secondary N) is 1. The fourth-order valence-electron chi connectivity index (χ4n) is 3.78. The van der Waals surface area contributed by atoms with Crippen molar-refractivity contribution in [1.82, 2.24) is 25.0 Å². The first kappa shape index (κ1) is 17.2. The van der Waals surface area contributed by atoms with Crippen molar-refractivity contribution in [3.8, 4) is 0 Å². The molecule has 1 aromatic heterocycles. The highest BCUT2D eigenvalue weighted by Crippen LogP contribution is 2.28. The molecule has 0 spiro atoms. The fraction of sp³-hybridized carbons (Fsp3) is 0.812. The van der Waals surface area contributed by atoms with Gasteiger partial charge in [-0.1, -0.05) is 0 Å². The van der Waals surface area contributed by atoms with Crippen molar-refractivity contribution >= 4 is 11.9 Å². The maximum Gasteiger partial charge on any atom is 0.239 e. The monoisotopic (exact) mass is 336 g/mol. The van der Waals surface area contributed by atoms with Crippen molar-refractivity contribution in [3.05, 3.63) is 5.82 Å². The van der Waals surface area contributed by atoms with E-state index in [9.17, 15) is 4.79 Å². The molecule has 0 radical (unpaired) electrons. The highest BCUT2D eigenvalue weighted by Gasteiger charge is 2.32. The number of nitrogen functional groups attached to an aromatic ring is 1. The van der Waals surface area contributed by atoms with Crippen LogP contribution in [0.2, 0.25) is 0 Å². The van der Waals surface area contributed by atoms with Crippen LogP contribution in [0.4, 0.5) is 5.95 Å². The number of aromatic amines is 1. The Morgan fingerprint density at radius 2 is 2.12 bits per heavy atom. The molecule has 2 saturated heterocycles.